The molecule has 0 aliphatic carbocycles. The molecule has 1 aliphatic rings. The maximum atomic E-state index is 6.19. The van der Waals surface area contributed by atoms with Gasteiger partial charge in [-0.05, 0) is 74.4 Å². The third-order valence-electron chi connectivity index (χ3n) is 5.52. The summed E-state index contributed by atoms with van der Waals surface area (Å²) in [7, 11) is 1.63. The predicted octanol–water partition coefficient (Wildman–Crippen LogP) is 5.83. The van der Waals surface area contributed by atoms with E-state index in [4.69, 9.17) is 26.4 Å². The minimum absolute atomic E-state index is 0.388. The van der Waals surface area contributed by atoms with E-state index in [2.05, 4.69) is 34.9 Å². The minimum atomic E-state index is -0.390. The van der Waals surface area contributed by atoms with Gasteiger partial charge in [0.1, 0.15) is 29.5 Å². The summed E-state index contributed by atoms with van der Waals surface area (Å²) in [6.07, 6.45) is 0.621. The van der Waals surface area contributed by atoms with Crippen molar-refractivity contribution in [3.05, 3.63) is 83.4 Å². The van der Waals surface area contributed by atoms with E-state index in [0.29, 0.717) is 18.1 Å². The van der Waals surface area contributed by atoms with Crippen molar-refractivity contribution in [2.24, 2.45) is 5.10 Å². The van der Waals surface area contributed by atoms with Gasteiger partial charge in [0, 0.05) is 23.7 Å². The lowest BCUT2D eigenvalue weighted by atomic mass is 9.92. The molecule has 0 radical (unpaired) electrons. The Balaban J connectivity index is 1.51. The van der Waals surface area contributed by atoms with E-state index < -0.39 is 0 Å². The molecule has 1 aliphatic heterocycles. The molecular weight excluding hydrogens is 446 g/mol. The van der Waals surface area contributed by atoms with Gasteiger partial charge in [-0.1, -0.05) is 30.3 Å². The molecule has 0 bridgehead atoms. The summed E-state index contributed by atoms with van der Waals surface area (Å²) in [6.45, 7) is 6.67. The highest BCUT2D eigenvalue weighted by atomic mass is 32.1. The van der Waals surface area contributed by atoms with E-state index in [1.54, 1.807) is 7.11 Å². The van der Waals surface area contributed by atoms with E-state index in [0.717, 1.165) is 39.8 Å². The molecule has 4 rings (SSSR count). The molecule has 7 heteroatoms. The smallest absolute Gasteiger partial charge is 0.191 e. The second-order valence-electron chi connectivity index (χ2n) is 8.77. The van der Waals surface area contributed by atoms with Crippen molar-refractivity contribution in [3.63, 3.8) is 0 Å². The van der Waals surface area contributed by atoms with Gasteiger partial charge in [-0.2, -0.15) is 5.10 Å². The zero-order chi connectivity index (χ0) is 24.1. The molecule has 0 unspecified atom stereocenters. The fraction of sp³-hybridized carbons (Fsp3) is 0.259. The number of fused-ring (bicyclic) bond motifs is 1. The van der Waals surface area contributed by atoms with Crippen LogP contribution in [0, 0.1) is 6.92 Å². The van der Waals surface area contributed by atoms with Crippen LogP contribution in [0.15, 0.2) is 71.8 Å². The van der Waals surface area contributed by atoms with Crippen molar-refractivity contribution in [1.29, 1.82) is 0 Å². The number of hydrogen-bond acceptors (Lipinski definition) is 5. The van der Waals surface area contributed by atoms with E-state index in [1.807, 2.05) is 68.4 Å². The summed E-state index contributed by atoms with van der Waals surface area (Å²) in [5.74, 6) is 2.28. The van der Waals surface area contributed by atoms with Crippen LogP contribution in [0.5, 0.6) is 17.2 Å². The third kappa shape index (κ3) is 5.85. The number of hydrogen-bond donors (Lipinski definition) is 2. The fourth-order valence-electron chi connectivity index (χ4n) is 3.76. The van der Waals surface area contributed by atoms with Gasteiger partial charge in [0.2, 0.25) is 0 Å². The van der Waals surface area contributed by atoms with E-state index >= 15 is 0 Å². The Morgan fingerprint density at radius 3 is 2.68 bits per heavy atom. The number of nitrogens with one attached hydrogen (secondary N) is 2. The number of rotatable bonds is 6. The molecule has 1 heterocycles. The van der Waals surface area contributed by atoms with Crippen LogP contribution in [0.4, 0.5) is 5.69 Å². The van der Waals surface area contributed by atoms with Crippen molar-refractivity contribution < 1.29 is 14.2 Å². The second kappa shape index (κ2) is 10.1. The number of thiocarbonyl (C=S) groups is 1. The van der Waals surface area contributed by atoms with Crippen LogP contribution < -0.4 is 25.0 Å². The van der Waals surface area contributed by atoms with Gasteiger partial charge in [-0.3, -0.25) is 5.43 Å². The number of anilines is 1. The van der Waals surface area contributed by atoms with Crippen molar-refractivity contribution in [2.75, 3.05) is 12.4 Å². The number of benzene rings is 3. The molecular formula is C27H29N3O3S. The molecule has 0 amide bonds. The second-order valence-corrected chi connectivity index (χ2v) is 9.18. The highest BCUT2D eigenvalue weighted by Crippen LogP contribution is 2.35. The van der Waals surface area contributed by atoms with Gasteiger partial charge in [0.05, 0.1) is 12.8 Å². The molecule has 0 saturated heterocycles. The summed E-state index contributed by atoms with van der Waals surface area (Å²) in [5, 5.41) is 8.15. The van der Waals surface area contributed by atoms with Crippen LogP contribution in [-0.2, 0) is 6.61 Å². The first-order valence-electron chi connectivity index (χ1n) is 11.1. The van der Waals surface area contributed by atoms with Crippen molar-refractivity contribution >= 4 is 28.7 Å². The molecule has 3 aromatic carbocycles. The molecule has 0 atom stereocenters. The lowest BCUT2D eigenvalue weighted by Gasteiger charge is -2.33. The highest BCUT2D eigenvalue weighted by Gasteiger charge is 2.31. The minimum Gasteiger partial charge on any atom is -0.497 e. The average molecular weight is 476 g/mol. The third-order valence-corrected chi connectivity index (χ3v) is 5.71. The molecule has 2 N–H and O–H groups in total. The van der Waals surface area contributed by atoms with E-state index in [9.17, 15) is 0 Å². The molecule has 0 spiro atoms. The summed E-state index contributed by atoms with van der Waals surface area (Å²) >= 11 is 5.45. The molecule has 0 aromatic heterocycles. The van der Waals surface area contributed by atoms with Crippen LogP contribution in [-0.4, -0.2) is 23.5 Å². The first-order valence-corrected chi connectivity index (χ1v) is 11.5. The summed E-state index contributed by atoms with van der Waals surface area (Å²) in [6, 6.07) is 21.6. The first kappa shape index (κ1) is 23.6. The van der Waals surface area contributed by atoms with Gasteiger partial charge in [-0.15, -0.1) is 0 Å². The zero-order valence-electron chi connectivity index (χ0n) is 19.8. The van der Waals surface area contributed by atoms with Crippen molar-refractivity contribution in [2.45, 2.75) is 39.4 Å². The van der Waals surface area contributed by atoms with Crippen LogP contribution in [0.2, 0.25) is 0 Å². The van der Waals surface area contributed by atoms with E-state index in [-0.39, 0.29) is 5.60 Å². The number of methoxy groups -OCH3 is 1. The molecule has 176 valence electrons. The van der Waals surface area contributed by atoms with Gasteiger partial charge < -0.3 is 19.5 Å². The summed E-state index contributed by atoms with van der Waals surface area (Å²) in [4.78, 5) is 0. The summed E-state index contributed by atoms with van der Waals surface area (Å²) < 4.78 is 17.5. The highest BCUT2D eigenvalue weighted by molar-refractivity contribution is 7.80. The first-order chi connectivity index (χ1) is 16.3. The Hall–Kier alpha value is -3.58. The average Bonchev–Trinajstić information content (AvgIpc) is 2.81. The topological polar surface area (TPSA) is 64.1 Å². The van der Waals surface area contributed by atoms with Gasteiger partial charge >= 0.3 is 0 Å². The molecule has 34 heavy (non-hydrogen) atoms. The van der Waals surface area contributed by atoms with Crippen LogP contribution >= 0.6 is 12.2 Å². The predicted molar refractivity (Wildman–Crippen MR) is 140 cm³/mol. The van der Waals surface area contributed by atoms with Gasteiger partial charge in [0.15, 0.2) is 5.11 Å². The standard InChI is InChI=1S/C27H29N3O3S/c1-18-8-5-6-9-19(18)17-32-22-12-13-25-23(15-22)24(16-27(2,3)33-25)29-30-26(34)28-20-10-7-11-21(14-20)31-4/h5-15H,16-17H2,1-4H3,(H2,28,30,34)/b29-24-. The number of ether oxygens (including phenoxy) is 3. The Morgan fingerprint density at radius 1 is 1.06 bits per heavy atom. The van der Waals surface area contributed by atoms with Crippen LogP contribution in [0.1, 0.15) is 37.0 Å². The fourth-order valence-corrected chi connectivity index (χ4v) is 3.92. The van der Waals surface area contributed by atoms with Crippen LogP contribution in [0.25, 0.3) is 0 Å². The molecule has 3 aromatic rings. The molecule has 0 fully saturated rings. The maximum absolute atomic E-state index is 6.19. The number of nitrogens with zero attached hydrogens (tertiary/aromatic N) is 1. The van der Waals surface area contributed by atoms with Gasteiger partial charge in [-0.25, -0.2) is 0 Å². The van der Waals surface area contributed by atoms with Crippen LogP contribution in [0.3, 0.4) is 0 Å². The normalized spacial score (nSPS) is 15.1. The molecule has 0 saturated carbocycles. The largest absolute Gasteiger partial charge is 0.497 e. The Labute approximate surface area is 205 Å². The Kier molecular flexibility index (Phi) is 7.03. The number of hydrazone groups is 1. The maximum Gasteiger partial charge on any atom is 0.191 e. The quantitative estimate of drug-likeness (QED) is 0.345. The summed E-state index contributed by atoms with van der Waals surface area (Å²) in [5.41, 5.74) is 7.49. The number of aryl methyl sites for hydroxylation is 1. The van der Waals surface area contributed by atoms with Crippen molar-refractivity contribution in [1.82, 2.24) is 5.43 Å². The SMILES string of the molecule is COc1cccc(NC(=S)N/N=C2/CC(C)(C)Oc3ccc(OCc4ccccc4C)cc32)c1. The van der Waals surface area contributed by atoms with E-state index in [1.165, 1.54) is 5.56 Å². The Bertz CT molecular complexity index is 1220. The molecule has 6 nitrogen and oxygen atoms in total. The zero-order valence-corrected chi connectivity index (χ0v) is 20.7. The van der Waals surface area contributed by atoms with Crippen molar-refractivity contribution in [3.8, 4) is 17.2 Å². The lowest BCUT2D eigenvalue weighted by molar-refractivity contribution is 0.111. The lowest BCUT2D eigenvalue weighted by Crippen LogP contribution is -2.37. The Morgan fingerprint density at radius 2 is 1.88 bits per heavy atom. The van der Waals surface area contributed by atoms with Gasteiger partial charge in [0.25, 0.3) is 0 Å². The monoisotopic (exact) mass is 475 g/mol.